The van der Waals surface area contributed by atoms with E-state index in [1.165, 1.54) is 6.20 Å². The van der Waals surface area contributed by atoms with Crippen LogP contribution in [0.25, 0.3) is 0 Å². The van der Waals surface area contributed by atoms with Crippen LogP contribution in [0.5, 0.6) is 0 Å². The molecule has 0 unspecified atom stereocenters. The van der Waals surface area contributed by atoms with Crippen molar-refractivity contribution in [1.29, 1.82) is 0 Å². The van der Waals surface area contributed by atoms with E-state index in [4.69, 9.17) is 5.11 Å². The van der Waals surface area contributed by atoms with Gasteiger partial charge in [0.1, 0.15) is 5.82 Å². The van der Waals surface area contributed by atoms with Crippen LogP contribution in [0.4, 0.5) is 5.82 Å². The molecular weight excluding hydrogens is 258 g/mol. The van der Waals surface area contributed by atoms with Crippen LogP contribution in [0.1, 0.15) is 24.3 Å². The number of carbonyl (C=O) groups is 1. The summed E-state index contributed by atoms with van der Waals surface area (Å²) in [5.41, 5.74) is -0.157. The van der Waals surface area contributed by atoms with Crippen LogP contribution in [0.2, 0.25) is 0 Å². The molecule has 0 saturated heterocycles. The van der Waals surface area contributed by atoms with Gasteiger partial charge >= 0.3 is 5.97 Å². The van der Waals surface area contributed by atoms with Gasteiger partial charge in [-0.3, -0.25) is 0 Å². The van der Waals surface area contributed by atoms with Crippen LogP contribution in [0.3, 0.4) is 0 Å². The normalized spacial score (nSPS) is 11.5. The lowest BCUT2D eigenvalue weighted by molar-refractivity contribution is 0.0690. The fourth-order valence-corrected chi connectivity index (χ4v) is 1.94. The van der Waals surface area contributed by atoms with Gasteiger partial charge in [0.05, 0.1) is 23.4 Å². The van der Waals surface area contributed by atoms with Gasteiger partial charge in [-0.25, -0.2) is 23.2 Å². The minimum absolute atomic E-state index is 0.00692. The van der Waals surface area contributed by atoms with Gasteiger partial charge in [0.2, 0.25) is 0 Å². The van der Waals surface area contributed by atoms with Crippen LogP contribution < -0.4 is 5.32 Å². The minimum atomic E-state index is -3.09. The summed E-state index contributed by atoms with van der Waals surface area (Å²) < 4.78 is 23.0. The number of rotatable bonds is 6. The highest BCUT2D eigenvalue weighted by atomic mass is 32.2. The maximum atomic E-state index is 11.5. The smallest absolute Gasteiger partial charge is 0.356 e. The molecule has 0 aromatic carbocycles. The molecule has 0 aliphatic heterocycles. The minimum Gasteiger partial charge on any atom is -0.476 e. The summed E-state index contributed by atoms with van der Waals surface area (Å²) in [6.45, 7) is 3.45. The summed E-state index contributed by atoms with van der Waals surface area (Å²) in [7, 11) is -3.09. The largest absolute Gasteiger partial charge is 0.476 e. The Balaban J connectivity index is 2.52. The molecule has 0 spiro atoms. The molecule has 0 aliphatic carbocycles. The Morgan fingerprint density at radius 2 is 2.06 bits per heavy atom. The predicted octanol–water partition coefficient (Wildman–Crippen LogP) is 0.410. The average molecular weight is 273 g/mol. The molecule has 1 heterocycles. The zero-order valence-electron chi connectivity index (χ0n) is 10.1. The SMILES string of the molecule is CC(C)S(=O)(=O)CCNc1cnc(C(=O)O)cn1. The Labute approximate surface area is 105 Å². The number of sulfone groups is 1. The highest BCUT2D eigenvalue weighted by Crippen LogP contribution is 2.03. The molecule has 7 nitrogen and oxygen atoms in total. The van der Waals surface area contributed by atoms with E-state index in [0.29, 0.717) is 5.82 Å². The van der Waals surface area contributed by atoms with Gasteiger partial charge in [-0.15, -0.1) is 0 Å². The van der Waals surface area contributed by atoms with Gasteiger partial charge in [-0.2, -0.15) is 0 Å². The van der Waals surface area contributed by atoms with E-state index in [2.05, 4.69) is 15.3 Å². The monoisotopic (exact) mass is 273 g/mol. The Morgan fingerprint density at radius 1 is 1.39 bits per heavy atom. The van der Waals surface area contributed by atoms with Crippen LogP contribution in [0.15, 0.2) is 12.4 Å². The van der Waals surface area contributed by atoms with Crippen molar-refractivity contribution in [1.82, 2.24) is 9.97 Å². The lowest BCUT2D eigenvalue weighted by Crippen LogP contribution is -2.23. The summed E-state index contributed by atoms with van der Waals surface area (Å²) in [6.07, 6.45) is 2.37. The van der Waals surface area contributed by atoms with Crippen molar-refractivity contribution in [2.75, 3.05) is 17.6 Å². The topological polar surface area (TPSA) is 109 Å². The summed E-state index contributed by atoms with van der Waals surface area (Å²) in [5, 5.41) is 11.0. The van der Waals surface area contributed by atoms with Crippen molar-refractivity contribution in [3.63, 3.8) is 0 Å². The third-order valence-electron chi connectivity index (χ3n) is 2.28. The molecule has 0 fully saturated rings. The summed E-state index contributed by atoms with van der Waals surface area (Å²) in [5.74, 6) is -0.817. The predicted molar refractivity (Wildman–Crippen MR) is 66.4 cm³/mol. The number of hydrogen-bond donors (Lipinski definition) is 2. The van der Waals surface area contributed by atoms with Gasteiger partial charge < -0.3 is 10.4 Å². The maximum Gasteiger partial charge on any atom is 0.356 e. The highest BCUT2D eigenvalue weighted by Gasteiger charge is 2.15. The van der Waals surface area contributed by atoms with E-state index in [0.717, 1.165) is 6.20 Å². The number of aromatic carboxylic acids is 1. The van der Waals surface area contributed by atoms with Crippen molar-refractivity contribution in [2.24, 2.45) is 0 Å². The molecule has 0 bridgehead atoms. The second-order valence-electron chi connectivity index (χ2n) is 3.93. The fourth-order valence-electron chi connectivity index (χ4n) is 1.09. The van der Waals surface area contributed by atoms with Crippen LogP contribution in [-0.2, 0) is 9.84 Å². The standard InChI is InChI=1S/C10H15N3O4S/c1-7(2)18(16,17)4-3-11-9-6-12-8(5-13-9)10(14)15/h5-7H,3-4H2,1-2H3,(H,11,13)(H,14,15). The lowest BCUT2D eigenvalue weighted by Gasteiger charge is -2.08. The van der Waals surface area contributed by atoms with E-state index in [1.807, 2.05) is 0 Å². The summed E-state index contributed by atoms with van der Waals surface area (Å²) in [4.78, 5) is 18.0. The number of nitrogens with zero attached hydrogens (tertiary/aromatic N) is 2. The molecule has 18 heavy (non-hydrogen) atoms. The van der Waals surface area contributed by atoms with Crippen molar-refractivity contribution in [2.45, 2.75) is 19.1 Å². The molecule has 2 N–H and O–H groups in total. The number of carboxylic acids is 1. The number of carboxylic acid groups (broad SMARTS) is 1. The Hall–Kier alpha value is -1.70. The van der Waals surface area contributed by atoms with Gasteiger partial charge in [-0.05, 0) is 13.8 Å². The second kappa shape index (κ2) is 5.76. The van der Waals surface area contributed by atoms with Gasteiger partial charge in [0.15, 0.2) is 15.5 Å². The van der Waals surface area contributed by atoms with Crippen molar-refractivity contribution in [3.8, 4) is 0 Å². The van der Waals surface area contributed by atoms with Crippen molar-refractivity contribution < 1.29 is 18.3 Å². The van der Waals surface area contributed by atoms with Crippen molar-refractivity contribution >= 4 is 21.6 Å². The summed E-state index contributed by atoms with van der Waals surface area (Å²) in [6, 6.07) is 0. The fraction of sp³-hybridized carbons (Fsp3) is 0.500. The molecule has 0 radical (unpaired) electrons. The molecule has 100 valence electrons. The molecular formula is C10H15N3O4S. The van der Waals surface area contributed by atoms with Crippen LogP contribution >= 0.6 is 0 Å². The zero-order chi connectivity index (χ0) is 13.8. The third kappa shape index (κ3) is 3.95. The molecule has 0 saturated carbocycles. The first-order chi connectivity index (χ1) is 8.33. The number of hydrogen-bond acceptors (Lipinski definition) is 6. The maximum absolute atomic E-state index is 11.5. The molecule has 0 atom stereocenters. The van der Waals surface area contributed by atoms with Crippen LogP contribution in [-0.4, -0.2) is 47.0 Å². The van der Waals surface area contributed by atoms with E-state index in [9.17, 15) is 13.2 Å². The summed E-state index contributed by atoms with van der Waals surface area (Å²) >= 11 is 0. The number of aromatic nitrogens is 2. The molecule has 1 aromatic rings. The van der Waals surface area contributed by atoms with E-state index in [1.54, 1.807) is 13.8 Å². The first-order valence-electron chi connectivity index (χ1n) is 5.33. The molecule has 1 rings (SSSR count). The van der Waals surface area contributed by atoms with E-state index < -0.39 is 21.1 Å². The first kappa shape index (κ1) is 14.4. The Bertz CT molecular complexity index is 510. The second-order valence-corrected chi connectivity index (χ2v) is 6.61. The molecule has 8 heteroatoms. The zero-order valence-corrected chi connectivity index (χ0v) is 10.9. The lowest BCUT2D eigenvalue weighted by atomic mass is 10.4. The molecule has 0 aliphatic rings. The molecule has 1 aromatic heterocycles. The van der Waals surface area contributed by atoms with E-state index in [-0.39, 0.29) is 18.0 Å². The first-order valence-corrected chi connectivity index (χ1v) is 7.05. The van der Waals surface area contributed by atoms with Crippen LogP contribution in [0, 0.1) is 0 Å². The molecule has 0 amide bonds. The van der Waals surface area contributed by atoms with Gasteiger partial charge in [0, 0.05) is 6.54 Å². The highest BCUT2D eigenvalue weighted by molar-refractivity contribution is 7.92. The Kier molecular flexibility index (Phi) is 4.60. The Morgan fingerprint density at radius 3 is 2.50 bits per heavy atom. The van der Waals surface area contributed by atoms with Gasteiger partial charge in [0.25, 0.3) is 0 Å². The average Bonchev–Trinajstić information content (AvgIpc) is 2.29. The third-order valence-corrected chi connectivity index (χ3v) is 4.49. The van der Waals surface area contributed by atoms with E-state index >= 15 is 0 Å². The quantitative estimate of drug-likeness (QED) is 0.772. The van der Waals surface area contributed by atoms with Crippen molar-refractivity contribution in [3.05, 3.63) is 18.1 Å². The number of nitrogens with one attached hydrogen (secondary N) is 1. The number of anilines is 1. The van der Waals surface area contributed by atoms with Gasteiger partial charge in [-0.1, -0.05) is 0 Å².